The second-order valence-corrected chi connectivity index (χ2v) is 6.43. The van der Waals surface area contributed by atoms with Crippen LogP contribution in [0.15, 0.2) is 65.2 Å². The SMILES string of the molecule is C=CCn1c(Sc2ccc([N+](=O)[O-])cc2C=O)nnc1-c1ccccc1O. The second kappa shape index (κ2) is 7.83. The molecule has 0 bridgehead atoms. The lowest BCUT2D eigenvalue weighted by Gasteiger charge is -2.09. The van der Waals surface area contributed by atoms with E-state index in [1.54, 1.807) is 34.9 Å². The van der Waals surface area contributed by atoms with Crippen LogP contribution in [0.1, 0.15) is 10.4 Å². The molecule has 0 atom stereocenters. The van der Waals surface area contributed by atoms with Crippen LogP contribution in [0.25, 0.3) is 11.4 Å². The Morgan fingerprint density at radius 3 is 2.70 bits per heavy atom. The van der Waals surface area contributed by atoms with Crippen molar-refractivity contribution in [2.24, 2.45) is 0 Å². The smallest absolute Gasteiger partial charge is 0.270 e. The number of aromatic hydroxyl groups is 1. The van der Waals surface area contributed by atoms with Crippen molar-refractivity contribution in [1.29, 1.82) is 0 Å². The average molecular weight is 382 g/mol. The van der Waals surface area contributed by atoms with E-state index in [0.717, 1.165) is 11.8 Å². The zero-order valence-corrected chi connectivity index (χ0v) is 14.8. The van der Waals surface area contributed by atoms with E-state index in [9.17, 15) is 20.0 Å². The molecule has 0 spiro atoms. The van der Waals surface area contributed by atoms with E-state index in [2.05, 4.69) is 16.8 Å². The molecule has 3 aromatic rings. The first kappa shape index (κ1) is 18.3. The molecule has 0 fully saturated rings. The molecule has 0 saturated carbocycles. The van der Waals surface area contributed by atoms with Crippen LogP contribution in [0.3, 0.4) is 0 Å². The van der Waals surface area contributed by atoms with Crippen molar-refractivity contribution in [2.75, 3.05) is 0 Å². The van der Waals surface area contributed by atoms with Gasteiger partial charge in [-0.3, -0.25) is 19.5 Å². The van der Waals surface area contributed by atoms with Gasteiger partial charge in [-0.25, -0.2) is 0 Å². The van der Waals surface area contributed by atoms with Gasteiger partial charge in [0.2, 0.25) is 0 Å². The Morgan fingerprint density at radius 1 is 1.26 bits per heavy atom. The van der Waals surface area contributed by atoms with Crippen LogP contribution < -0.4 is 0 Å². The first-order valence-corrected chi connectivity index (χ1v) is 8.60. The standard InChI is InChI=1S/C18H14N4O4S/c1-2-9-21-17(14-5-3-4-6-15(14)24)19-20-18(21)27-16-8-7-13(22(25)26)10-12(16)11-23/h2-8,10-11,24H,1,9H2. The summed E-state index contributed by atoms with van der Waals surface area (Å²) in [5.74, 6) is 0.515. The van der Waals surface area contributed by atoms with Gasteiger partial charge in [0.15, 0.2) is 17.3 Å². The molecule has 0 aliphatic heterocycles. The minimum absolute atomic E-state index is 0.0654. The van der Waals surface area contributed by atoms with Gasteiger partial charge in [0.25, 0.3) is 5.69 Å². The maximum Gasteiger partial charge on any atom is 0.270 e. The number of carbonyl (C=O) groups is 1. The molecular formula is C18H14N4O4S. The largest absolute Gasteiger partial charge is 0.507 e. The van der Waals surface area contributed by atoms with Crippen molar-refractivity contribution < 1.29 is 14.8 Å². The van der Waals surface area contributed by atoms with E-state index >= 15 is 0 Å². The molecular weight excluding hydrogens is 368 g/mol. The molecule has 0 aliphatic rings. The number of benzene rings is 2. The highest BCUT2D eigenvalue weighted by Gasteiger charge is 2.18. The average Bonchev–Trinajstić information content (AvgIpc) is 3.05. The molecule has 8 nitrogen and oxygen atoms in total. The minimum Gasteiger partial charge on any atom is -0.507 e. The van der Waals surface area contributed by atoms with Crippen molar-refractivity contribution in [1.82, 2.24) is 14.8 Å². The first-order valence-electron chi connectivity index (χ1n) is 7.79. The van der Waals surface area contributed by atoms with Crippen LogP contribution in [0.4, 0.5) is 5.69 Å². The third-order valence-corrected chi connectivity index (χ3v) is 4.78. The number of non-ortho nitro benzene ring substituents is 1. The Balaban J connectivity index is 2.03. The lowest BCUT2D eigenvalue weighted by molar-refractivity contribution is -0.384. The van der Waals surface area contributed by atoms with E-state index in [4.69, 9.17) is 0 Å². The van der Waals surface area contributed by atoms with Crippen LogP contribution in [-0.2, 0) is 6.54 Å². The monoisotopic (exact) mass is 382 g/mol. The van der Waals surface area contributed by atoms with Gasteiger partial charge >= 0.3 is 0 Å². The normalized spacial score (nSPS) is 10.5. The first-order chi connectivity index (χ1) is 13.0. The van der Waals surface area contributed by atoms with Crippen LogP contribution in [0, 0.1) is 10.1 Å². The summed E-state index contributed by atoms with van der Waals surface area (Å²) in [5.41, 5.74) is 0.536. The van der Waals surface area contributed by atoms with Gasteiger partial charge in [0.05, 0.1) is 10.5 Å². The number of aldehydes is 1. The van der Waals surface area contributed by atoms with Crippen molar-refractivity contribution in [3.63, 3.8) is 0 Å². The van der Waals surface area contributed by atoms with Gasteiger partial charge in [-0.15, -0.1) is 16.8 Å². The fourth-order valence-corrected chi connectivity index (χ4v) is 3.36. The number of nitrogens with zero attached hydrogens (tertiary/aromatic N) is 4. The number of allylic oxidation sites excluding steroid dienone is 1. The molecule has 1 N–H and O–H groups in total. The molecule has 0 saturated heterocycles. The number of nitro benzene ring substituents is 1. The van der Waals surface area contributed by atoms with Crippen molar-refractivity contribution in [3.8, 4) is 17.1 Å². The maximum atomic E-state index is 11.3. The van der Waals surface area contributed by atoms with Crippen LogP contribution in [0.5, 0.6) is 5.75 Å². The van der Waals surface area contributed by atoms with Gasteiger partial charge in [-0.1, -0.05) is 18.2 Å². The Labute approximate surface area is 158 Å². The summed E-state index contributed by atoms with van der Waals surface area (Å²) in [6.45, 7) is 4.10. The van der Waals surface area contributed by atoms with Crippen molar-refractivity contribution in [3.05, 3.63) is 70.8 Å². The number of nitro groups is 1. The van der Waals surface area contributed by atoms with Crippen molar-refractivity contribution >= 4 is 23.7 Å². The Hall–Kier alpha value is -3.46. The molecule has 0 amide bonds. The molecule has 1 aromatic heterocycles. The second-order valence-electron chi connectivity index (χ2n) is 5.42. The van der Waals surface area contributed by atoms with Gasteiger partial charge in [-0.05, 0) is 30.0 Å². The lowest BCUT2D eigenvalue weighted by Crippen LogP contribution is -2.01. The van der Waals surface area contributed by atoms with Gasteiger partial charge in [0.1, 0.15) is 5.75 Å². The topological polar surface area (TPSA) is 111 Å². The summed E-state index contributed by atoms with van der Waals surface area (Å²) < 4.78 is 1.74. The van der Waals surface area contributed by atoms with Gasteiger partial charge < -0.3 is 5.11 Å². The highest BCUT2D eigenvalue weighted by Crippen LogP contribution is 2.34. The summed E-state index contributed by atoms with van der Waals surface area (Å²) in [6.07, 6.45) is 2.22. The maximum absolute atomic E-state index is 11.3. The predicted octanol–water partition coefficient (Wildman–Crippen LogP) is 3.71. The number of para-hydroxylation sites is 1. The highest BCUT2D eigenvalue weighted by atomic mass is 32.2. The Bertz CT molecular complexity index is 1030. The number of aromatic nitrogens is 3. The minimum atomic E-state index is -0.558. The lowest BCUT2D eigenvalue weighted by atomic mass is 10.2. The molecule has 0 aliphatic carbocycles. The number of phenols is 1. The number of hydrogen-bond acceptors (Lipinski definition) is 7. The number of hydrogen-bond donors (Lipinski definition) is 1. The van der Waals surface area contributed by atoms with E-state index < -0.39 is 4.92 Å². The van der Waals surface area contributed by atoms with Crippen LogP contribution >= 0.6 is 11.8 Å². The summed E-state index contributed by atoms with van der Waals surface area (Å²) in [7, 11) is 0. The van der Waals surface area contributed by atoms with E-state index in [-0.39, 0.29) is 17.0 Å². The zero-order chi connectivity index (χ0) is 19.4. The molecule has 27 heavy (non-hydrogen) atoms. The number of phenolic OH excluding ortho intramolecular Hbond substituents is 1. The third kappa shape index (κ3) is 3.72. The van der Waals surface area contributed by atoms with Gasteiger partial charge in [-0.2, -0.15) is 0 Å². The molecule has 9 heteroatoms. The van der Waals surface area contributed by atoms with Crippen molar-refractivity contribution in [2.45, 2.75) is 16.6 Å². The van der Waals surface area contributed by atoms with Crippen LogP contribution in [0.2, 0.25) is 0 Å². The highest BCUT2D eigenvalue weighted by molar-refractivity contribution is 7.99. The van der Waals surface area contributed by atoms with E-state index in [1.807, 2.05) is 0 Å². The molecule has 3 rings (SSSR count). The number of carbonyl (C=O) groups excluding carboxylic acids is 1. The summed E-state index contributed by atoms with van der Waals surface area (Å²) in [4.78, 5) is 22.2. The zero-order valence-electron chi connectivity index (χ0n) is 14.0. The van der Waals surface area contributed by atoms with Gasteiger partial charge in [0, 0.05) is 29.1 Å². The van der Waals surface area contributed by atoms with E-state index in [0.29, 0.717) is 34.3 Å². The summed E-state index contributed by atoms with van der Waals surface area (Å²) in [6, 6.07) is 10.8. The number of rotatable bonds is 7. The molecule has 0 unspecified atom stereocenters. The Kier molecular flexibility index (Phi) is 5.32. The Morgan fingerprint density at radius 2 is 2.04 bits per heavy atom. The summed E-state index contributed by atoms with van der Waals surface area (Å²) >= 11 is 1.15. The molecule has 2 aromatic carbocycles. The fourth-order valence-electron chi connectivity index (χ4n) is 2.45. The van der Waals surface area contributed by atoms with E-state index in [1.165, 1.54) is 18.2 Å². The molecule has 0 radical (unpaired) electrons. The molecule has 136 valence electrons. The molecule has 1 heterocycles. The summed E-state index contributed by atoms with van der Waals surface area (Å²) in [5, 5.41) is 29.7. The predicted molar refractivity (Wildman–Crippen MR) is 99.9 cm³/mol. The fraction of sp³-hybridized carbons (Fsp3) is 0.0556. The third-order valence-electron chi connectivity index (χ3n) is 3.71. The van der Waals surface area contributed by atoms with Crippen LogP contribution in [-0.4, -0.2) is 31.1 Å². The quantitative estimate of drug-likeness (QED) is 0.287.